The van der Waals surface area contributed by atoms with E-state index in [1.165, 1.54) is 38.5 Å². The van der Waals surface area contributed by atoms with E-state index in [1.807, 2.05) is 0 Å². The van der Waals surface area contributed by atoms with Gasteiger partial charge in [0.25, 0.3) is 0 Å². The molecule has 76 valence electrons. The summed E-state index contributed by atoms with van der Waals surface area (Å²) in [7, 11) is 0. The Morgan fingerprint density at radius 1 is 0.429 bits per heavy atom. The lowest BCUT2D eigenvalue weighted by molar-refractivity contribution is 0.840. The van der Waals surface area contributed by atoms with Crippen molar-refractivity contribution in [3.63, 3.8) is 0 Å². The molecule has 0 aromatic heterocycles. The molecule has 0 atom stereocenters. The molecule has 14 heavy (non-hydrogen) atoms. The Morgan fingerprint density at radius 3 is 1.36 bits per heavy atom. The van der Waals surface area contributed by atoms with Crippen LogP contribution in [0.2, 0.25) is 0 Å². The Bertz CT molecular complexity index is 204. The highest BCUT2D eigenvalue weighted by Gasteiger charge is 1.82. The van der Waals surface area contributed by atoms with Crippen LogP contribution in [0.1, 0.15) is 38.5 Å². The molecule has 0 aromatic rings. The topological polar surface area (TPSA) is 0 Å². The number of allylic oxidation sites excluding steroid dienone is 8. The first-order chi connectivity index (χ1) is 7.00. The summed E-state index contributed by atoms with van der Waals surface area (Å²) in [4.78, 5) is 0. The van der Waals surface area contributed by atoms with E-state index in [9.17, 15) is 0 Å². The molecule has 0 saturated heterocycles. The summed E-state index contributed by atoms with van der Waals surface area (Å²) < 4.78 is 0. The Kier molecular flexibility index (Phi) is 6.74. The quantitative estimate of drug-likeness (QED) is 0.489. The van der Waals surface area contributed by atoms with Gasteiger partial charge in [0.15, 0.2) is 0 Å². The van der Waals surface area contributed by atoms with E-state index in [0.717, 1.165) is 0 Å². The van der Waals surface area contributed by atoms with Crippen LogP contribution in [0.3, 0.4) is 0 Å². The fraction of sp³-hybridized carbons (Fsp3) is 0.429. The molecule has 0 fully saturated rings. The molecule has 0 heterocycles. The van der Waals surface area contributed by atoms with Gasteiger partial charge in [0.1, 0.15) is 0 Å². The van der Waals surface area contributed by atoms with Gasteiger partial charge in [-0.25, -0.2) is 0 Å². The zero-order valence-corrected chi connectivity index (χ0v) is 8.86. The largest absolute Gasteiger partial charge is 0.0885 e. The van der Waals surface area contributed by atoms with Gasteiger partial charge >= 0.3 is 0 Å². The van der Waals surface area contributed by atoms with E-state index >= 15 is 0 Å². The lowest BCUT2D eigenvalue weighted by Gasteiger charge is -1.92. The van der Waals surface area contributed by atoms with E-state index in [1.54, 1.807) is 0 Å². The van der Waals surface area contributed by atoms with Crippen LogP contribution in [0.15, 0.2) is 48.6 Å². The van der Waals surface area contributed by atoms with Crippen molar-refractivity contribution in [1.82, 2.24) is 0 Å². The molecule has 0 aliphatic heterocycles. The summed E-state index contributed by atoms with van der Waals surface area (Å²) in [5.41, 5.74) is 0. The highest BCUT2D eigenvalue weighted by atomic mass is 13.9. The predicted molar refractivity (Wildman–Crippen MR) is 64.3 cm³/mol. The van der Waals surface area contributed by atoms with Crippen molar-refractivity contribution in [3.8, 4) is 0 Å². The molecule has 0 amide bonds. The first kappa shape index (κ1) is 11.0. The van der Waals surface area contributed by atoms with Gasteiger partial charge in [0.2, 0.25) is 0 Å². The Morgan fingerprint density at radius 2 is 0.857 bits per heavy atom. The lowest BCUT2D eigenvalue weighted by Crippen LogP contribution is -1.72. The summed E-state index contributed by atoms with van der Waals surface area (Å²) in [6.07, 6.45) is 25.0. The molecule has 0 radical (unpaired) electrons. The van der Waals surface area contributed by atoms with E-state index in [4.69, 9.17) is 0 Å². The highest BCUT2D eigenvalue weighted by Crippen LogP contribution is 2.03. The Labute approximate surface area is 87.7 Å². The summed E-state index contributed by atoms with van der Waals surface area (Å²) in [6.45, 7) is 0. The first-order valence-corrected chi connectivity index (χ1v) is 5.63. The van der Waals surface area contributed by atoms with E-state index < -0.39 is 0 Å². The van der Waals surface area contributed by atoms with Gasteiger partial charge in [0, 0.05) is 0 Å². The van der Waals surface area contributed by atoms with Crippen molar-refractivity contribution < 1.29 is 0 Å². The fourth-order valence-corrected chi connectivity index (χ4v) is 1.42. The summed E-state index contributed by atoms with van der Waals surface area (Å²) in [5, 5.41) is 0. The van der Waals surface area contributed by atoms with Gasteiger partial charge in [-0.15, -0.1) is 0 Å². The zero-order valence-electron chi connectivity index (χ0n) is 8.86. The standard InChI is InChI=1S/C14H20/c1-2-4-6-8-10-12-14-13-11-9-7-5-3-1/h1-6,13-14H,7-12H2/b2-1+,5-3-,6-4+,14-13+. The molecule has 0 heteroatoms. The maximum Gasteiger partial charge on any atom is -0.0345 e. The number of hydrogen-bond acceptors (Lipinski definition) is 0. The molecule has 0 unspecified atom stereocenters. The van der Waals surface area contributed by atoms with E-state index in [0.29, 0.717) is 0 Å². The van der Waals surface area contributed by atoms with E-state index in [-0.39, 0.29) is 0 Å². The summed E-state index contributed by atoms with van der Waals surface area (Å²) >= 11 is 0. The van der Waals surface area contributed by atoms with Crippen LogP contribution in [0.4, 0.5) is 0 Å². The SMILES string of the molecule is C1=C\CCC/C=C/CCC/C=C/C=C/1. The second kappa shape index (κ2) is 8.55. The molecule has 0 spiro atoms. The van der Waals surface area contributed by atoms with Gasteiger partial charge in [0.05, 0.1) is 0 Å². The summed E-state index contributed by atoms with van der Waals surface area (Å²) in [5.74, 6) is 0. The monoisotopic (exact) mass is 188 g/mol. The van der Waals surface area contributed by atoms with Gasteiger partial charge < -0.3 is 0 Å². The molecule has 1 aliphatic rings. The molecule has 1 rings (SSSR count). The molecule has 0 nitrogen and oxygen atoms in total. The van der Waals surface area contributed by atoms with Crippen molar-refractivity contribution in [2.24, 2.45) is 0 Å². The summed E-state index contributed by atoms with van der Waals surface area (Å²) in [6, 6.07) is 0. The highest BCUT2D eigenvalue weighted by molar-refractivity contribution is 5.11. The van der Waals surface area contributed by atoms with Crippen LogP contribution < -0.4 is 0 Å². The minimum Gasteiger partial charge on any atom is -0.0885 e. The first-order valence-electron chi connectivity index (χ1n) is 5.63. The number of hydrogen-bond donors (Lipinski definition) is 0. The van der Waals surface area contributed by atoms with Crippen molar-refractivity contribution in [2.45, 2.75) is 38.5 Å². The van der Waals surface area contributed by atoms with Crippen LogP contribution in [-0.2, 0) is 0 Å². The molecule has 0 N–H and O–H groups in total. The normalized spacial score (nSPS) is 28.6. The third-order valence-corrected chi connectivity index (χ3v) is 2.26. The average molecular weight is 188 g/mol. The minimum absolute atomic E-state index is 1.19. The lowest BCUT2D eigenvalue weighted by atomic mass is 10.1. The van der Waals surface area contributed by atoms with Gasteiger partial charge in [-0.1, -0.05) is 48.6 Å². The number of rotatable bonds is 0. The fourth-order valence-electron chi connectivity index (χ4n) is 1.42. The molecule has 1 aliphatic carbocycles. The zero-order chi connectivity index (χ0) is 9.90. The van der Waals surface area contributed by atoms with Gasteiger partial charge in [-0.05, 0) is 38.5 Å². The predicted octanol–water partition coefficient (Wildman–Crippen LogP) is 4.57. The molecular formula is C14H20. The van der Waals surface area contributed by atoms with Crippen molar-refractivity contribution >= 4 is 0 Å². The maximum atomic E-state index is 2.32. The molecular weight excluding hydrogens is 168 g/mol. The molecule has 0 bridgehead atoms. The van der Waals surface area contributed by atoms with Crippen LogP contribution in [0.5, 0.6) is 0 Å². The van der Waals surface area contributed by atoms with Crippen molar-refractivity contribution in [1.29, 1.82) is 0 Å². The smallest absolute Gasteiger partial charge is 0.0345 e. The molecule has 0 aromatic carbocycles. The van der Waals surface area contributed by atoms with Crippen LogP contribution in [-0.4, -0.2) is 0 Å². The van der Waals surface area contributed by atoms with Crippen LogP contribution >= 0.6 is 0 Å². The van der Waals surface area contributed by atoms with Crippen LogP contribution in [0, 0.1) is 0 Å². The molecule has 0 saturated carbocycles. The third-order valence-electron chi connectivity index (χ3n) is 2.26. The van der Waals surface area contributed by atoms with Crippen molar-refractivity contribution in [3.05, 3.63) is 48.6 Å². The third kappa shape index (κ3) is 6.47. The minimum atomic E-state index is 1.19. The average Bonchev–Trinajstić information content (AvgIpc) is 2.22. The van der Waals surface area contributed by atoms with Crippen LogP contribution in [0.25, 0.3) is 0 Å². The van der Waals surface area contributed by atoms with Crippen molar-refractivity contribution in [2.75, 3.05) is 0 Å². The Hall–Kier alpha value is -1.04. The van der Waals surface area contributed by atoms with Gasteiger partial charge in [-0.2, -0.15) is 0 Å². The second-order valence-electron chi connectivity index (χ2n) is 3.57. The Balaban J connectivity index is 2.35. The van der Waals surface area contributed by atoms with E-state index in [2.05, 4.69) is 48.6 Å². The second-order valence-corrected chi connectivity index (χ2v) is 3.57. The maximum absolute atomic E-state index is 2.32. The van der Waals surface area contributed by atoms with Gasteiger partial charge in [-0.3, -0.25) is 0 Å².